The van der Waals surface area contributed by atoms with Gasteiger partial charge in [0, 0.05) is 24.5 Å². The Kier molecular flexibility index (Phi) is 3.16. The zero-order chi connectivity index (χ0) is 15.2. The molecule has 0 radical (unpaired) electrons. The first kappa shape index (κ1) is 13.9. The van der Waals surface area contributed by atoms with Gasteiger partial charge in [0.1, 0.15) is 0 Å². The molecule has 112 valence electrons. The van der Waals surface area contributed by atoms with E-state index in [2.05, 4.69) is 10.1 Å². The molecule has 3 rings (SSSR count). The molecule has 2 aromatic rings. The highest BCUT2D eigenvalue weighted by atomic mass is 19.4. The third-order valence-corrected chi connectivity index (χ3v) is 3.67. The van der Waals surface area contributed by atoms with Gasteiger partial charge in [-0.25, -0.2) is 4.79 Å². The summed E-state index contributed by atoms with van der Waals surface area (Å²) < 4.78 is 43.5. The van der Waals surface area contributed by atoms with Crippen LogP contribution < -0.4 is 5.32 Å². The molecule has 1 aliphatic heterocycles. The Hall–Kier alpha value is -2.02. The van der Waals surface area contributed by atoms with Crippen molar-refractivity contribution in [3.8, 4) is 0 Å². The van der Waals surface area contributed by atoms with Crippen LogP contribution in [0.1, 0.15) is 17.5 Å². The maximum atomic E-state index is 12.4. The molecular weight excluding hydrogens is 285 g/mol. The van der Waals surface area contributed by atoms with E-state index in [9.17, 15) is 18.0 Å². The lowest BCUT2D eigenvalue weighted by Gasteiger charge is -2.26. The number of hydrogen-bond donors (Lipinski definition) is 1. The van der Waals surface area contributed by atoms with Gasteiger partial charge in [0.25, 0.3) is 0 Å². The van der Waals surface area contributed by atoms with Crippen molar-refractivity contribution in [1.29, 1.82) is 0 Å². The lowest BCUT2D eigenvalue weighted by atomic mass is 10.0. The molecule has 0 bridgehead atoms. The molecule has 0 amide bonds. The number of para-hydroxylation sites is 1. The minimum atomic E-state index is -5.00. The molecule has 2 heterocycles. The first-order valence-corrected chi connectivity index (χ1v) is 6.47. The quantitative estimate of drug-likeness (QED) is 0.822. The molecule has 1 aromatic heterocycles. The van der Waals surface area contributed by atoms with Crippen LogP contribution in [0.5, 0.6) is 0 Å². The Bertz CT molecular complexity index is 706. The second kappa shape index (κ2) is 4.77. The largest absolute Gasteiger partial charge is 0.490 e. The Morgan fingerprint density at radius 2 is 2.10 bits per heavy atom. The summed E-state index contributed by atoms with van der Waals surface area (Å²) in [4.78, 5) is 11.1. The first-order valence-electron chi connectivity index (χ1n) is 6.47. The van der Waals surface area contributed by atoms with Gasteiger partial charge >= 0.3 is 12.1 Å². The second-order valence-corrected chi connectivity index (χ2v) is 4.93. The SMILES string of the molecule is Cn1c2c(c3ccccc31)CCNC2OC(=O)C(F)(F)F. The molecular formula is C14H13F3N2O2. The van der Waals surface area contributed by atoms with Crippen molar-refractivity contribution in [1.82, 2.24) is 9.88 Å². The molecule has 0 saturated heterocycles. The number of esters is 1. The molecule has 1 aromatic carbocycles. The molecule has 0 aliphatic carbocycles. The summed E-state index contributed by atoms with van der Waals surface area (Å²) in [5.41, 5.74) is 2.39. The average Bonchev–Trinajstić information content (AvgIpc) is 2.73. The van der Waals surface area contributed by atoms with Crippen LogP contribution in [0.25, 0.3) is 10.9 Å². The number of rotatable bonds is 1. The van der Waals surface area contributed by atoms with E-state index < -0.39 is 18.4 Å². The van der Waals surface area contributed by atoms with Crippen molar-refractivity contribution >= 4 is 16.9 Å². The molecule has 7 heteroatoms. The third-order valence-electron chi connectivity index (χ3n) is 3.67. The summed E-state index contributed by atoms with van der Waals surface area (Å²) in [5.74, 6) is -2.18. The van der Waals surface area contributed by atoms with Crippen molar-refractivity contribution in [2.75, 3.05) is 6.54 Å². The van der Waals surface area contributed by atoms with Crippen LogP contribution in [-0.4, -0.2) is 23.3 Å². The number of aromatic nitrogens is 1. The number of carbonyl (C=O) groups is 1. The third kappa shape index (κ3) is 2.27. The van der Waals surface area contributed by atoms with E-state index in [0.717, 1.165) is 16.5 Å². The smallest absolute Gasteiger partial charge is 0.434 e. The molecule has 0 spiro atoms. The van der Waals surface area contributed by atoms with E-state index in [1.165, 1.54) is 0 Å². The molecule has 1 unspecified atom stereocenters. The van der Waals surface area contributed by atoms with Gasteiger partial charge in [-0.1, -0.05) is 18.2 Å². The summed E-state index contributed by atoms with van der Waals surface area (Å²) in [5, 5.41) is 3.79. The fraction of sp³-hybridized carbons (Fsp3) is 0.357. The van der Waals surface area contributed by atoms with Crippen molar-refractivity contribution in [2.45, 2.75) is 18.8 Å². The fourth-order valence-corrected chi connectivity index (χ4v) is 2.78. The van der Waals surface area contributed by atoms with E-state index >= 15 is 0 Å². The predicted molar refractivity (Wildman–Crippen MR) is 69.5 cm³/mol. The standard InChI is InChI=1S/C14H13F3N2O2/c1-19-10-5-3-2-4-8(10)9-6-7-18-12(11(9)19)21-13(20)14(15,16)17/h2-5,12,18H,6-7H2,1H3. The zero-order valence-corrected chi connectivity index (χ0v) is 11.2. The average molecular weight is 298 g/mol. The van der Waals surface area contributed by atoms with Crippen LogP contribution in [-0.2, 0) is 23.0 Å². The monoisotopic (exact) mass is 298 g/mol. The van der Waals surface area contributed by atoms with Crippen LogP contribution in [0.2, 0.25) is 0 Å². The van der Waals surface area contributed by atoms with Gasteiger partial charge in [-0.2, -0.15) is 13.2 Å². The van der Waals surface area contributed by atoms with E-state index in [1.807, 2.05) is 24.3 Å². The molecule has 4 nitrogen and oxygen atoms in total. The number of benzene rings is 1. The van der Waals surface area contributed by atoms with Crippen LogP contribution in [0.4, 0.5) is 13.2 Å². The number of carbonyl (C=O) groups excluding carboxylic acids is 1. The number of nitrogens with one attached hydrogen (secondary N) is 1. The maximum Gasteiger partial charge on any atom is 0.490 e. The summed E-state index contributed by atoms with van der Waals surface area (Å²) in [6.45, 7) is 0.455. The highest BCUT2D eigenvalue weighted by molar-refractivity contribution is 5.86. The summed E-state index contributed by atoms with van der Waals surface area (Å²) in [6.07, 6.45) is -5.40. The van der Waals surface area contributed by atoms with Gasteiger partial charge in [-0.05, 0) is 18.1 Å². The molecule has 0 fully saturated rings. The lowest BCUT2D eigenvalue weighted by molar-refractivity contribution is -0.207. The summed E-state index contributed by atoms with van der Waals surface area (Å²) >= 11 is 0. The number of nitrogens with zero attached hydrogens (tertiary/aromatic N) is 1. The van der Waals surface area contributed by atoms with Gasteiger partial charge in [0.15, 0.2) is 6.23 Å². The van der Waals surface area contributed by atoms with Crippen molar-refractivity contribution in [3.05, 3.63) is 35.5 Å². The van der Waals surface area contributed by atoms with E-state index in [4.69, 9.17) is 0 Å². The number of hydrogen-bond acceptors (Lipinski definition) is 3. The van der Waals surface area contributed by atoms with E-state index in [-0.39, 0.29) is 0 Å². The molecule has 1 N–H and O–H groups in total. The Labute approximate surface area is 118 Å². The first-order chi connectivity index (χ1) is 9.89. The Morgan fingerprint density at radius 3 is 2.81 bits per heavy atom. The Balaban J connectivity index is 2.04. The molecule has 1 atom stereocenters. The summed E-state index contributed by atoms with van der Waals surface area (Å²) in [7, 11) is 1.75. The Morgan fingerprint density at radius 1 is 1.38 bits per heavy atom. The lowest BCUT2D eigenvalue weighted by Crippen LogP contribution is -2.37. The van der Waals surface area contributed by atoms with E-state index in [0.29, 0.717) is 18.7 Å². The van der Waals surface area contributed by atoms with Gasteiger partial charge in [-0.15, -0.1) is 0 Å². The highest BCUT2D eigenvalue weighted by Crippen LogP contribution is 2.34. The number of ether oxygens (including phenoxy) is 1. The predicted octanol–water partition coefficient (Wildman–Crippen LogP) is 2.43. The van der Waals surface area contributed by atoms with E-state index in [1.54, 1.807) is 11.6 Å². The van der Waals surface area contributed by atoms with Gasteiger partial charge in [0.05, 0.1) is 5.69 Å². The van der Waals surface area contributed by atoms with Crippen molar-refractivity contribution < 1.29 is 22.7 Å². The fourth-order valence-electron chi connectivity index (χ4n) is 2.78. The number of aryl methyl sites for hydroxylation is 1. The molecule has 1 aliphatic rings. The van der Waals surface area contributed by atoms with Gasteiger partial charge < -0.3 is 9.30 Å². The van der Waals surface area contributed by atoms with Crippen LogP contribution in [0.3, 0.4) is 0 Å². The molecule has 21 heavy (non-hydrogen) atoms. The van der Waals surface area contributed by atoms with Crippen LogP contribution in [0.15, 0.2) is 24.3 Å². The van der Waals surface area contributed by atoms with Crippen LogP contribution >= 0.6 is 0 Å². The second-order valence-electron chi connectivity index (χ2n) is 4.93. The van der Waals surface area contributed by atoms with Gasteiger partial charge in [0.2, 0.25) is 0 Å². The highest BCUT2D eigenvalue weighted by Gasteiger charge is 2.43. The topological polar surface area (TPSA) is 43.3 Å². The number of fused-ring (bicyclic) bond motifs is 3. The summed E-state index contributed by atoms with van der Waals surface area (Å²) in [6, 6.07) is 7.54. The normalized spacial score (nSPS) is 18.6. The number of halogens is 3. The zero-order valence-electron chi connectivity index (χ0n) is 11.2. The van der Waals surface area contributed by atoms with Crippen LogP contribution in [0, 0.1) is 0 Å². The minimum Gasteiger partial charge on any atom is -0.434 e. The minimum absolute atomic E-state index is 0.455. The molecule has 0 saturated carbocycles. The maximum absolute atomic E-state index is 12.4. The van der Waals surface area contributed by atoms with Gasteiger partial charge in [-0.3, -0.25) is 5.32 Å². The van der Waals surface area contributed by atoms with Crippen molar-refractivity contribution in [3.63, 3.8) is 0 Å². The number of alkyl halides is 3. The van der Waals surface area contributed by atoms with Crippen molar-refractivity contribution in [2.24, 2.45) is 7.05 Å².